The van der Waals surface area contributed by atoms with E-state index in [9.17, 15) is 0 Å². The lowest BCUT2D eigenvalue weighted by atomic mass is 9.68. The maximum Gasteiger partial charge on any atom is 0.108 e. The molecule has 1 aromatic carbocycles. The van der Waals surface area contributed by atoms with Gasteiger partial charge in [0, 0.05) is 32.1 Å². The average molecular weight is 457 g/mol. The van der Waals surface area contributed by atoms with E-state index in [1.54, 1.807) is 0 Å². The van der Waals surface area contributed by atoms with Crippen LogP contribution in [0.2, 0.25) is 0 Å². The molecule has 2 nitrogen and oxygen atoms in total. The van der Waals surface area contributed by atoms with E-state index in [0.717, 1.165) is 30.3 Å². The number of nitrogens with zero attached hydrogens (tertiary/aromatic N) is 2. The van der Waals surface area contributed by atoms with E-state index >= 15 is 0 Å². The summed E-state index contributed by atoms with van der Waals surface area (Å²) in [4.78, 5) is 7.82. The number of aliphatic imine (C=N–C) groups is 1. The van der Waals surface area contributed by atoms with E-state index in [-0.39, 0.29) is 0 Å². The van der Waals surface area contributed by atoms with Gasteiger partial charge in [0.2, 0.25) is 0 Å². The number of benzene rings is 1. The summed E-state index contributed by atoms with van der Waals surface area (Å²) < 4.78 is 2.51. The Morgan fingerprint density at radius 1 is 1.10 bits per heavy atom. The fourth-order valence-electron chi connectivity index (χ4n) is 5.21. The molecule has 6 rings (SSSR count). The first-order valence-corrected chi connectivity index (χ1v) is 9.87. The fourth-order valence-corrected chi connectivity index (χ4v) is 6.82. The zero-order valence-electron chi connectivity index (χ0n) is 11.9. The maximum absolute atomic E-state index is 5.15. The van der Waals surface area contributed by atoms with Gasteiger partial charge in [-0.1, -0.05) is 15.9 Å². The van der Waals surface area contributed by atoms with E-state index in [2.05, 4.69) is 55.6 Å². The zero-order valence-corrected chi connectivity index (χ0v) is 15.6. The smallest absolute Gasteiger partial charge is 0.108 e. The van der Waals surface area contributed by atoms with E-state index in [1.807, 2.05) is 0 Å². The SMILES string of the molecule is Brc1cc(I)cc2c1CN1C(=N2)C2CC3CC(C2)CC1C3. The zero-order chi connectivity index (χ0) is 14.1. The van der Waals surface area contributed by atoms with Crippen molar-refractivity contribution in [3.8, 4) is 0 Å². The van der Waals surface area contributed by atoms with Crippen molar-refractivity contribution in [1.82, 2.24) is 4.90 Å². The third kappa shape index (κ3) is 2.04. The highest BCUT2D eigenvalue weighted by atomic mass is 127. The third-order valence-electron chi connectivity index (χ3n) is 5.91. The van der Waals surface area contributed by atoms with Crippen molar-refractivity contribution in [2.75, 3.05) is 0 Å². The molecular formula is C17H18BrIN2. The first-order valence-electron chi connectivity index (χ1n) is 8.00. The van der Waals surface area contributed by atoms with Crippen LogP contribution in [0.5, 0.6) is 0 Å². The highest BCUT2D eigenvalue weighted by Crippen LogP contribution is 2.50. The molecule has 1 aromatic rings. The molecule has 3 aliphatic heterocycles. The van der Waals surface area contributed by atoms with Crippen molar-refractivity contribution >= 4 is 50.0 Å². The van der Waals surface area contributed by atoms with Gasteiger partial charge in [-0.25, -0.2) is 4.99 Å². The Morgan fingerprint density at radius 2 is 1.86 bits per heavy atom. The normalized spacial score (nSPS) is 36.1. The van der Waals surface area contributed by atoms with Gasteiger partial charge in [0.15, 0.2) is 0 Å². The molecule has 2 atom stereocenters. The van der Waals surface area contributed by atoms with Crippen LogP contribution in [-0.2, 0) is 6.54 Å². The fraction of sp³-hybridized carbons (Fsp3) is 0.588. The van der Waals surface area contributed by atoms with Crippen molar-refractivity contribution < 1.29 is 0 Å². The molecule has 0 amide bonds. The van der Waals surface area contributed by atoms with Gasteiger partial charge in [0.05, 0.1) is 5.69 Å². The molecule has 2 unspecified atom stereocenters. The van der Waals surface area contributed by atoms with Gasteiger partial charge in [-0.05, 0) is 78.7 Å². The average Bonchev–Trinajstić information content (AvgIpc) is 2.59. The summed E-state index contributed by atoms with van der Waals surface area (Å²) >= 11 is 6.16. The number of halogens is 2. The van der Waals surface area contributed by atoms with Gasteiger partial charge in [0.1, 0.15) is 5.84 Å². The summed E-state index contributed by atoms with van der Waals surface area (Å²) in [5.41, 5.74) is 2.60. The second kappa shape index (κ2) is 4.70. The van der Waals surface area contributed by atoms with Gasteiger partial charge < -0.3 is 4.90 Å². The molecule has 0 radical (unpaired) electrons. The summed E-state index contributed by atoms with van der Waals surface area (Å²) in [5, 5.41) is 0. The highest BCUT2D eigenvalue weighted by Gasteiger charge is 2.46. The molecule has 3 heterocycles. The van der Waals surface area contributed by atoms with Crippen molar-refractivity contribution in [1.29, 1.82) is 0 Å². The highest BCUT2D eigenvalue weighted by molar-refractivity contribution is 14.1. The number of hydrogen-bond acceptors (Lipinski definition) is 2. The van der Waals surface area contributed by atoms with Crippen molar-refractivity contribution in [3.63, 3.8) is 0 Å². The summed E-state index contributed by atoms with van der Waals surface area (Å²) in [6.07, 6.45) is 7.08. The van der Waals surface area contributed by atoms with Gasteiger partial charge in [-0.3, -0.25) is 0 Å². The van der Waals surface area contributed by atoms with Gasteiger partial charge in [-0.15, -0.1) is 0 Å². The molecule has 110 valence electrons. The Balaban J connectivity index is 1.66. The number of rotatable bonds is 0. The monoisotopic (exact) mass is 456 g/mol. The van der Waals surface area contributed by atoms with E-state index in [1.165, 1.54) is 57.2 Å². The van der Waals surface area contributed by atoms with Crippen LogP contribution in [0.3, 0.4) is 0 Å². The molecule has 4 fully saturated rings. The van der Waals surface area contributed by atoms with Crippen LogP contribution in [-0.4, -0.2) is 16.8 Å². The van der Waals surface area contributed by atoms with E-state index < -0.39 is 0 Å². The molecule has 2 saturated carbocycles. The number of hydrogen-bond donors (Lipinski definition) is 0. The number of fused-ring (bicyclic) bond motifs is 1. The van der Waals surface area contributed by atoms with Crippen LogP contribution < -0.4 is 0 Å². The van der Waals surface area contributed by atoms with Crippen LogP contribution in [0.25, 0.3) is 0 Å². The molecule has 2 saturated heterocycles. The first-order chi connectivity index (χ1) is 10.2. The predicted octanol–water partition coefficient (Wildman–Crippen LogP) is 5.11. The Morgan fingerprint density at radius 3 is 2.62 bits per heavy atom. The molecule has 2 aliphatic carbocycles. The lowest BCUT2D eigenvalue weighted by molar-refractivity contribution is 0.128. The van der Waals surface area contributed by atoms with Gasteiger partial charge in [-0.2, -0.15) is 0 Å². The molecule has 0 spiro atoms. The third-order valence-corrected chi connectivity index (χ3v) is 7.24. The second-order valence-electron chi connectivity index (χ2n) is 7.24. The summed E-state index contributed by atoms with van der Waals surface area (Å²) in [7, 11) is 0. The van der Waals surface area contributed by atoms with Crippen molar-refractivity contribution in [2.24, 2.45) is 22.7 Å². The second-order valence-corrected chi connectivity index (χ2v) is 9.34. The molecule has 5 aliphatic rings. The first kappa shape index (κ1) is 13.3. The van der Waals surface area contributed by atoms with Crippen LogP contribution in [0, 0.1) is 21.3 Å². The Hall–Kier alpha value is -0.100. The minimum atomic E-state index is 0.728. The van der Waals surface area contributed by atoms with E-state index in [4.69, 9.17) is 4.99 Å². The standard InChI is InChI=1S/C17H18BrIN2/c18-15-6-12(19)7-16-14(15)8-21-13-4-9-1-10(5-13)3-11(2-9)17(21)20-16/h6-7,9-11,13H,1-5,8H2. The molecular weight excluding hydrogens is 439 g/mol. The quantitative estimate of drug-likeness (QED) is 0.495. The minimum Gasteiger partial charge on any atom is -0.352 e. The lowest BCUT2D eigenvalue weighted by Gasteiger charge is -2.39. The Labute approximate surface area is 147 Å². The van der Waals surface area contributed by atoms with Crippen LogP contribution in [0.15, 0.2) is 21.6 Å². The summed E-state index contributed by atoms with van der Waals surface area (Å²) in [6, 6.07) is 5.22. The molecule has 4 bridgehead atoms. The number of amidine groups is 1. The molecule has 4 heteroatoms. The summed E-state index contributed by atoms with van der Waals surface area (Å²) in [5.74, 6) is 4.08. The van der Waals surface area contributed by atoms with Crippen LogP contribution >= 0.6 is 38.5 Å². The van der Waals surface area contributed by atoms with Gasteiger partial charge in [0.25, 0.3) is 0 Å². The largest absolute Gasteiger partial charge is 0.352 e. The predicted molar refractivity (Wildman–Crippen MR) is 96.8 cm³/mol. The van der Waals surface area contributed by atoms with Crippen LogP contribution in [0.4, 0.5) is 5.69 Å². The Bertz CT molecular complexity index is 642. The molecule has 0 N–H and O–H groups in total. The van der Waals surface area contributed by atoms with E-state index in [0.29, 0.717) is 0 Å². The molecule has 0 aromatic heterocycles. The maximum atomic E-state index is 5.15. The van der Waals surface area contributed by atoms with Gasteiger partial charge >= 0.3 is 0 Å². The van der Waals surface area contributed by atoms with Crippen molar-refractivity contribution in [3.05, 3.63) is 25.7 Å². The minimum absolute atomic E-state index is 0.728. The van der Waals surface area contributed by atoms with Crippen molar-refractivity contribution in [2.45, 2.75) is 44.7 Å². The van der Waals surface area contributed by atoms with Crippen LogP contribution in [0.1, 0.15) is 37.7 Å². The lowest BCUT2D eigenvalue weighted by Crippen LogP contribution is -2.42. The summed E-state index contributed by atoms with van der Waals surface area (Å²) in [6.45, 7) is 1.06. The molecule has 21 heavy (non-hydrogen) atoms. The topological polar surface area (TPSA) is 15.6 Å². The Kier molecular flexibility index (Phi) is 2.99.